The van der Waals surface area contributed by atoms with Crippen LogP contribution in [0.5, 0.6) is 5.75 Å². The summed E-state index contributed by atoms with van der Waals surface area (Å²) in [5.41, 5.74) is 0.309. The Labute approximate surface area is 128 Å². The van der Waals surface area contributed by atoms with Gasteiger partial charge in [0.1, 0.15) is 5.75 Å². The van der Waals surface area contributed by atoms with Crippen LogP contribution in [0.25, 0.3) is 0 Å². The maximum Gasteiger partial charge on any atom is 0.387 e. The first-order chi connectivity index (χ1) is 10.6. The topological polar surface area (TPSA) is 38.8 Å². The molecule has 0 unspecified atom stereocenters. The quantitative estimate of drug-likeness (QED) is 0.861. The van der Waals surface area contributed by atoms with Crippen molar-refractivity contribution >= 4 is 5.91 Å². The molecule has 0 N–H and O–H groups in total. The minimum Gasteiger partial charge on any atom is -0.435 e. The maximum absolute atomic E-state index is 12.6. The molecule has 120 valence electrons. The second-order valence-corrected chi connectivity index (χ2v) is 5.87. The molecule has 0 radical (unpaired) electrons. The first kappa shape index (κ1) is 15.2. The lowest BCUT2D eigenvalue weighted by Crippen LogP contribution is -2.52. The van der Waals surface area contributed by atoms with Crippen LogP contribution in [0.1, 0.15) is 36.0 Å². The van der Waals surface area contributed by atoms with Crippen molar-refractivity contribution in [3.63, 3.8) is 0 Å². The normalized spacial score (nSPS) is 20.6. The smallest absolute Gasteiger partial charge is 0.387 e. The summed E-state index contributed by atoms with van der Waals surface area (Å²) >= 11 is 0. The van der Waals surface area contributed by atoms with Gasteiger partial charge in [-0.05, 0) is 37.1 Å². The number of nitrogens with zero attached hydrogens (tertiary/aromatic N) is 1. The summed E-state index contributed by atoms with van der Waals surface area (Å²) in [7, 11) is 0. The zero-order valence-electron chi connectivity index (χ0n) is 12.3. The second-order valence-electron chi connectivity index (χ2n) is 5.87. The molecular formula is C16H19F2NO3. The second kappa shape index (κ2) is 6.20. The van der Waals surface area contributed by atoms with Crippen LogP contribution in [0.3, 0.4) is 0 Å². The zero-order chi connectivity index (χ0) is 15.6. The summed E-state index contributed by atoms with van der Waals surface area (Å²) in [4.78, 5) is 14.4. The molecule has 4 nitrogen and oxygen atoms in total. The molecule has 3 rings (SSSR count). The Morgan fingerprint density at radius 1 is 1.23 bits per heavy atom. The van der Waals surface area contributed by atoms with Gasteiger partial charge in [-0.3, -0.25) is 4.79 Å². The number of carbonyl (C=O) groups is 1. The standard InChI is InChI=1S/C16H19F2NO3/c17-15(18)22-13-5-3-12(4-6-13)14(20)19-9-10-21-16(11-19)7-1-2-8-16/h3-6,15H,1-2,7-11H2. The summed E-state index contributed by atoms with van der Waals surface area (Å²) in [5.74, 6) is -0.0287. The largest absolute Gasteiger partial charge is 0.435 e. The van der Waals surface area contributed by atoms with Crippen LogP contribution in [0.2, 0.25) is 0 Å². The van der Waals surface area contributed by atoms with Crippen LogP contribution in [0, 0.1) is 0 Å². The Bertz CT molecular complexity index is 527. The van der Waals surface area contributed by atoms with Gasteiger partial charge in [0.25, 0.3) is 5.91 Å². The minimum absolute atomic E-state index is 0.0563. The van der Waals surface area contributed by atoms with E-state index in [-0.39, 0.29) is 17.3 Å². The van der Waals surface area contributed by atoms with Gasteiger partial charge in [0.2, 0.25) is 0 Å². The van der Waals surface area contributed by atoms with Crippen molar-refractivity contribution in [3.8, 4) is 5.75 Å². The van der Waals surface area contributed by atoms with Crippen molar-refractivity contribution in [2.45, 2.75) is 37.9 Å². The summed E-state index contributed by atoms with van der Waals surface area (Å²) < 4.78 is 34.5. The van der Waals surface area contributed by atoms with E-state index in [0.717, 1.165) is 25.7 Å². The fourth-order valence-electron chi connectivity index (χ4n) is 3.30. The van der Waals surface area contributed by atoms with Crippen molar-refractivity contribution in [1.82, 2.24) is 4.90 Å². The third-order valence-corrected chi connectivity index (χ3v) is 4.38. The minimum atomic E-state index is -2.86. The van der Waals surface area contributed by atoms with Crippen LogP contribution in [-0.2, 0) is 4.74 Å². The van der Waals surface area contributed by atoms with Crippen LogP contribution >= 0.6 is 0 Å². The predicted octanol–water partition coefficient (Wildman–Crippen LogP) is 3.07. The van der Waals surface area contributed by atoms with Crippen molar-refractivity contribution < 1.29 is 23.0 Å². The Morgan fingerprint density at radius 3 is 2.55 bits per heavy atom. The Kier molecular flexibility index (Phi) is 4.29. The number of ether oxygens (including phenoxy) is 2. The Balaban J connectivity index is 1.67. The SMILES string of the molecule is O=C(c1ccc(OC(F)F)cc1)N1CCOC2(CCCC2)C1. The van der Waals surface area contributed by atoms with E-state index in [9.17, 15) is 13.6 Å². The van der Waals surface area contributed by atoms with E-state index in [2.05, 4.69) is 4.74 Å². The molecule has 1 heterocycles. The molecular weight excluding hydrogens is 292 g/mol. The molecule has 1 aliphatic carbocycles. The Hall–Kier alpha value is -1.69. The zero-order valence-corrected chi connectivity index (χ0v) is 12.3. The lowest BCUT2D eigenvalue weighted by molar-refractivity contribution is -0.0948. The van der Waals surface area contributed by atoms with Gasteiger partial charge < -0.3 is 14.4 Å². The molecule has 0 aromatic heterocycles. The molecule has 2 aliphatic rings. The number of carbonyl (C=O) groups excluding carboxylic acids is 1. The molecule has 1 aliphatic heterocycles. The molecule has 1 spiro atoms. The molecule has 0 bridgehead atoms. The highest BCUT2D eigenvalue weighted by atomic mass is 19.3. The van der Waals surface area contributed by atoms with Gasteiger partial charge in [-0.1, -0.05) is 12.8 Å². The molecule has 1 saturated carbocycles. The van der Waals surface area contributed by atoms with Crippen molar-refractivity contribution in [3.05, 3.63) is 29.8 Å². The molecule has 6 heteroatoms. The van der Waals surface area contributed by atoms with E-state index in [1.165, 1.54) is 24.3 Å². The highest BCUT2D eigenvalue weighted by Gasteiger charge is 2.40. The van der Waals surface area contributed by atoms with Gasteiger partial charge in [0.15, 0.2) is 0 Å². The predicted molar refractivity (Wildman–Crippen MR) is 76.1 cm³/mol. The van der Waals surface area contributed by atoms with Crippen molar-refractivity contribution in [2.75, 3.05) is 19.7 Å². The van der Waals surface area contributed by atoms with Gasteiger partial charge in [0, 0.05) is 12.1 Å². The van der Waals surface area contributed by atoms with Gasteiger partial charge in [-0.25, -0.2) is 0 Å². The van der Waals surface area contributed by atoms with E-state index in [1.54, 1.807) is 4.90 Å². The van der Waals surface area contributed by atoms with Crippen LogP contribution < -0.4 is 4.74 Å². The number of rotatable bonds is 3. The molecule has 2 fully saturated rings. The van der Waals surface area contributed by atoms with Gasteiger partial charge >= 0.3 is 6.61 Å². The third kappa shape index (κ3) is 3.21. The summed E-state index contributed by atoms with van der Waals surface area (Å²) in [6, 6.07) is 5.84. The van der Waals surface area contributed by atoms with E-state index in [4.69, 9.17) is 4.74 Å². The number of benzene rings is 1. The average molecular weight is 311 g/mol. The van der Waals surface area contributed by atoms with Crippen molar-refractivity contribution in [1.29, 1.82) is 0 Å². The maximum atomic E-state index is 12.6. The van der Waals surface area contributed by atoms with E-state index in [0.29, 0.717) is 25.3 Å². The summed E-state index contributed by atoms with van der Waals surface area (Å²) in [6.07, 6.45) is 4.28. The third-order valence-electron chi connectivity index (χ3n) is 4.38. The number of hydrogen-bond donors (Lipinski definition) is 0. The van der Waals surface area contributed by atoms with Gasteiger partial charge in [-0.15, -0.1) is 0 Å². The lowest BCUT2D eigenvalue weighted by Gasteiger charge is -2.40. The molecule has 22 heavy (non-hydrogen) atoms. The molecule has 1 aromatic rings. The van der Waals surface area contributed by atoms with Gasteiger partial charge in [0.05, 0.1) is 18.8 Å². The summed E-state index contributed by atoms with van der Waals surface area (Å²) in [5, 5.41) is 0. The number of amides is 1. The Morgan fingerprint density at radius 2 is 1.91 bits per heavy atom. The van der Waals surface area contributed by atoms with Crippen LogP contribution in [-0.4, -0.2) is 42.7 Å². The monoisotopic (exact) mass is 311 g/mol. The van der Waals surface area contributed by atoms with Crippen LogP contribution in [0.15, 0.2) is 24.3 Å². The lowest BCUT2D eigenvalue weighted by atomic mass is 9.99. The van der Waals surface area contributed by atoms with Crippen molar-refractivity contribution in [2.24, 2.45) is 0 Å². The molecule has 0 atom stereocenters. The highest BCUT2D eigenvalue weighted by molar-refractivity contribution is 5.94. The van der Waals surface area contributed by atoms with Gasteiger partial charge in [-0.2, -0.15) is 8.78 Å². The number of halogens is 2. The molecule has 1 aromatic carbocycles. The first-order valence-corrected chi connectivity index (χ1v) is 7.56. The molecule has 1 amide bonds. The first-order valence-electron chi connectivity index (χ1n) is 7.56. The van der Waals surface area contributed by atoms with E-state index >= 15 is 0 Å². The van der Waals surface area contributed by atoms with E-state index < -0.39 is 6.61 Å². The van der Waals surface area contributed by atoms with Crippen LogP contribution in [0.4, 0.5) is 8.78 Å². The average Bonchev–Trinajstić information content (AvgIpc) is 2.94. The molecule has 1 saturated heterocycles. The van der Waals surface area contributed by atoms with E-state index in [1.807, 2.05) is 0 Å². The number of morpholine rings is 1. The fraction of sp³-hybridized carbons (Fsp3) is 0.562. The number of hydrogen-bond acceptors (Lipinski definition) is 3. The fourth-order valence-corrected chi connectivity index (χ4v) is 3.30. The number of alkyl halides is 2. The highest BCUT2D eigenvalue weighted by Crippen LogP contribution is 2.36. The summed E-state index contributed by atoms with van der Waals surface area (Å²) in [6.45, 7) is -1.13.